The van der Waals surface area contributed by atoms with Crippen molar-refractivity contribution in [2.45, 2.75) is 105 Å². The molecule has 0 aliphatic carbocycles. The number of aryl methyl sites for hydroxylation is 3. The van der Waals surface area contributed by atoms with Gasteiger partial charge in [-0.1, -0.05) is 0 Å². The van der Waals surface area contributed by atoms with Crippen LogP contribution in [0.1, 0.15) is 113 Å². The predicted octanol–water partition coefficient (Wildman–Crippen LogP) is 8.10. The third-order valence-corrected chi connectivity index (χ3v) is 17.4. The fourth-order valence-corrected chi connectivity index (χ4v) is 16.4. The molecule has 1 unspecified atom stereocenters. The molecule has 0 heterocycles. The molecule has 4 nitrogen and oxygen atoms in total. The van der Waals surface area contributed by atoms with Crippen molar-refractivity contribution >= 4 is 43.9 Å². The van der Waals surface area contributed by atoms with Crippen LogP contribution in [-0.4, -0.2) is 40.5 Å². The van der Waals surface area contributed by atoms with Gasteiger partial charge in [0.1, 0.15) is 0 Å². The number of hydrogen-bond donors (Lipinski definition) is 0. The van der Waals surface area contributed by atoms with Crippen molar-refractivity contribution in [3.05, 3.63) is 74.0 Å². The van der Waals surface area contributed by atoms with E-state index in [0.717, 1.165) is 22.0 Å². The van der Waals surface area contributed by atoms with E-state index in [1.54, 1.807) is 0 Å². The first-order valence-corrected chi connectivity index (χ1v) is 19.0. The molecule has 0 saturated carbocycles. The van der Waals surface area contributed by atoms with Crippen molar-refractivity contribution in [2.24, 2.45) is 0 Å². The number of methoxy groups -OCH3 is 2. The molecule has 3 radical (unpaired) electrons. The first-order chi connectivity index (χ1) is 18.9. The van der Waals surface area contributed by atoms with Gasteiger partial charge in [0.25, 0.3) is 0 Å². The molecule has 1 atom stereocenters. The second kappa shape index (κ2) is 14.0. The van der Waals surface area contributed by atoms with E-state index in [4.69, 9.17) is 16.1 Å². The Morgan fingerprint density at radius 1 is 0.780 bits per heavy atom. The van der Waals surface area contributed by atoms with Gasteiger partial charge in [-0.05, 0) is 0 Å². The molecular weight excluding hydrogens is 588 g/mol. The van der Waals surface area contributed by atoms with Gasteiger partial charge in [0.2, 0.25) is 0 Å². The molecular formula is C35H50GeO4P. The van der Waals surface area contributed by atoms with Crippen LogP contribution < -0.4 is 9.70 Å². The summed E-state index contributed by atoms with van der Waals surface area (Å²) in [6.07, 6.45) is 0. The zero-order chi connectivity index (χ0) is 31.6. The molecule has 2 aromatic carbocycles. The van der Waals surface area contributed by atoms with Crippen molar-refractivity contribution in [3.8, 4) is 0 Å². The second-order valence-electron chi connectivity index (χ2n) is 13.0. The summed E-state index contributed by atoms with van der Waals surface area (Å²) in [5, 5.41) is 1.19. The Bertz CT molecular complexity index is 1260. The molecule has 0 bridgehead atoms. The Hall–Kier alpha value is -1.91. The van der Waals surface area contributed by atoms with Gasteiger partial charge in [0.05, 0.1) is 0 Å². The topological polar surface area (TPSA) is 52.6 Å². The molecule has 0 amide bonds. The zero-order valence-electron chi connectivity index (χ0n) is 27.7. The van der Waals surface area contributed by atoms with Crippen molar-refractivity contribution in [1.82, 2.24) is 0 Å². The summed E-state index contributed by atoms with van der Waals surface area (Å²) in [6, 6.07) is 8.80. The van der Waals surface area contributed by atoms with Crippen LogP contribution in [0.3, 0.4) is 0 Å². The minimum absolute atomic E-state index is 0.229. The van der Waals surface area contributed by atoms with Gasteiger partial charge in [0, 0.05) is 0 Å². The summed E-state index contributed by atoms with van der Waals surface area (Å²) < 4.78 is 12.3. The summed E-state index contributed by atoms with van der Waals surface area (Å²) in [4.78, 5) is 27.8. The van der Waals surface area contributed by atoms with Crippen molar-refractivity contribution in [2.75, 3.05) is 14.2 Å². The summed E-state index contributed by atoms with van der Waals surface area (Å²) in [6.45, 7) is 33.0. The van der Waals surface area contributed by atoms with Gasteiger partial charge in [0.15, 0.2) is 0 Å². The van der Waals surface area contributed by atoms with E-state index >= 15 is 0 Å². The Balaban J connectivity index is 3.25. The number of carbonyl (C=O) groups is 2. The number of ether oxygens (including phenoxy) is 2. The van der Waals surface area contributed by atoms with Gasteiger partial charge in [-0.15, -0.1) is 0 Å². The number of rotatable bonds is 9. The van der Waals surface area contributed by atoms with E-state index in [1.807, 2.05) is 20.8 Å². The van der Waals surface area contributed by atoms with Gasteiger partial charge in [-0.2, -0.15) is 0 Å². The number of esters is 2. The van der Waals surface area contributed by atoms with Crippen molar-refractivity contribution in [3.63, 3.8) is 0 Å². The molecule has 2 aromatic rings. The summed E-state index contributed by atoms with van der Waals surface area (Å²) in [5.74, 6) is -0.209. The van der Waals surface area contributed by atoms with Crippen LogP contribution in [0.2, 0.25) is 4.25 Å². The molecule has 6 heteroatoms. The molecule has 41 heavy (non-hydrogen) atoms. The summed E-state index contributed by atoms with van der Waals surface area (Å²) in [7, 11) is 1.05. The zero-order valence-corrected chi connectivity index (χ0v) is 30.7. The van der Waals surface area contributed by atoms with Gasteiger partial charge >= 0.3 is 256 Å². The van der Waals surface area contributed by atoms with Gasteiger partial charge in [-0.3, -0.25) is 0 Å². The Kier molecular flexibility index (Phi) is 12.1. The number of hydrogen-bond acceptors (Lipinski definition) is 4. The molecule has 0 saturated heterocycles. The van der Waals surface area contributed by atoms with Crippen LogP contribution in [0, 0.1) is 27.4 Å². The molecule has 0 aliphatic rings. The average molecular weight is 638 g/mol. The first-order valence-electron chi connectivity index (χ1n) is 14.5. The van der Waals surface area contributed by atoms with Crippen molar-refractivity contribution < 1.29 is 19.1 Å². The third-order valence-electron chi connectivity index (χ3n) is 7.50. The average Bonchev–Trinajstić information content (AvgIpc) is 2.85. The van der Waals surface area contributed by atoms with Crippen LogP contribution in [0.15, 0.2) is 34.0 Å². The number of carbonyl (C=O) groups excluding carboxylic acids is 2. The Morgan fingerprint density at radius 2 is 1.22 bits per heavy atom. The van der Waals surface area contributed by atoms with Crippen LogP contribution in [-0.2, 0) is 19.1 Å². The number of benzene rings is 2. The molecule has 2 rings (SSSR count). The molecule has 0 fully saturated rings. The van der Waals surface area contributed by atoms with Gasteiger partial charge in [-0.25, -0.2) is 0 Å². The SMILES string of the molecule is [CH]P(/C(C(=O)OC)=[C](/C(=O)OC)[Ge]([c]1c(C(C)C)cc(C(C)C)cc1C(C)C)[C](C)(C)C)c1c(C)cc(C)cc1C. The monoisotopic (exact) mass is 639 g/mol. The molecule has 0 N–H and O–H groups in total. The van der Waals surface area contributed by atoms with E-state index < -0.39 is 34.2 Å². The van der Waals surface area contributed by atoms with Crippen LogP contribution >= 0.6 is 7.92 Å². The maximum absolute atomic E-state index is 14.0. The molecule has 0 aliphatic heterocycles. The van der Waals surface area contributed by atoms with E-state index in [9.17, 15) is 9.59 Å². The molecule has 0 aromatic heterocycles. The Labute approximate surface area is 255 Å². The summed E-state index contributed by atoms with van der Waals surface area (Å²) in [5.41, 5.74) is 6.92. The summed E-state index contributed by atoms with van der Waals surface area (Å²) >= 11 is -2.93. The van der Waals surface area contributed by atoms with E-state index in [0.29, 0.717) is 10.3 Å². The second-order valence-corrected chi connectivity index (χ2v) is 21.4. The fraction of sp³-hybridized carbons (Fsp3) is 0.514. The van der Waals surface area contributed by atoms with Crippen LogP contribution in [0.4, 0.5) is 0 Å². The normalized spacial score (nSPS) is 13.6. The third kappa shape index (κ3) is 7.74. The van der Waals surface area contributed by atoms with E-state index in [2.05, 4.69) is 86.6 Å². The Morgan fingerprint density at radius 3 is 1.56 bits per heavy atom. The first kappa shape index (κ1) is 35.3. The predicted molar refractivity (Wildman–Crippen MR) is 176 cm³/mol. The minimum atomic E-state index is -2.93. The quantitative estimate of drug-likeness (QED) is 0.121. The van der Waals surface area contributed by atoms with Crippen LogP contribution in [0.25, 0.3) is 0 Å². The maximum atomic E-state index is 14.0. The fourth-order valence-electron chi connectivity index (χ4n) is 5.62. The van der Waals surface area contributed by atoms with E-state index in [1.165, 1.54) is 35.3 Å². The van der Waals surface area contributed by atoms with Gasteiger partial charge < -0.3 is 0 Å². The molecule has 223 valence electrons. The van der Waals surface area contributed by atoms with Crippen LogP contribution in [0.5, 0.6) is 0 Å². The van der Waals surface area contributed by atoms with E-state index in [-0.39, 0.29) is 21.4 Å². The standard InChI is InChI=1S/C35H50GeO4P/c1-20(2)26-18-27(21(3)4)29(28(19-26)22(5)6)36(35(10,11)12)30(33(37)39-13)32(34(38)40-14)41(15)31-24(8)16-23(7)17-25(31)9/h15-22H,1-14H3/b32-30-. The molecule has 0 spiro atoms. The van der Waals surface area contributed by atoms with Crippen molar-refractivity contribution in [1.29, 1.82) is 0 Å².